The summed E-state index contributed by atoms with van der Waals surface area (Å²) in [7, 11) is 4.12. The quantitative estimate of drug-likeness (QED) is 0.608. The third-order valence-electron chi connectivity index (χ3n) is 1.20. The summed E-state index contributed by atoms with van der Waals surface area (Å²) in [5.41, 5.74) is 5.75. The number of hydrogen-bond donors (Lipinski definition) is 1. The molecule has 0 aromatic carbocycles. The van der Waals surface area contributed by atoms with Crippen LogP contribution in [0.4, 0.5) is 0 Å². The van der Waals surface area contributed by atoms with E-state index in [1.54, 1.807) is 0 Å². The molecular weight excluding hydrogens is 112 g/mol. The summed E-state index contributed by atoms with van der Waals surface area (Å²) in [5, 5.41) is 0. The molecule has 0 unspecified atom stereocenters. The van der Waals surface area contributed by atoms with E-state index in [4.69, 9.17) is 5.73 Å². The SMILES string of the molecule is CN(C)CCC(C)(C)N. The summed E-state index contributed by atoms with van der Waals surface area (Å²) in [6.07, 6.45) is 1.06. The number of hydrogen-bond acceptors (Lipinski definition) is 2. The Kier molecular flexibility index (Phi) is 3.15. The van der Waals surface area contributed by atoms with Gasteiger partial charge < -0.3 is 10.6 Å². The molecule has 0 aliphatic rings. The van der Waals surface area contributed by atoms with Gasteiger partial charge >= 0.3 is 0 Å². The Morgan fingerprint density at radius 1 is 1.33 bits per heavy atom. The van der Waals surface area contributed by atoms with E-state index in [-0.39, 0.29) is 5.54 Å². The monoisotopic (exact) mass is 130 g/mol. The van der Waals surface area contributed by atoms with Crippen molar-refractivity contribution in [3.05, 3.63) is 0 Å². The van der Waals surface area contributed by atoms with E-state index in [1.165, 1.54) is 0 Å². The minimum atomic E-state index is -0.00965. The molecule has 0 aliphatic heterocycles. The average Bonchev–Trinajstić information content (AvgIpc) is 1.59. The second-order valence-corrected chi connectivity index (χ2v) is 3.54. The fraction of sp³-hybridized carbons (Fsp3) is 1.00. The van der Waals surface area contributed by atoms with Gasteiger partial charge in [0.05, 0.1) is 0 Å². The van der Waals surface area contributed by atoms with Crippen molar-refractivity contribution < 1.29 is 0 Å². The smallest absolute Gasteiger partial charge is 0.0109 e. The zero-order valence-electron chi connectivity index (χ0n) is 6.94. The highest BCUT2D eigenvalue weighted by Gasteiger charge is 2.09. The van der Waals surface area contributed by atoms with E-state index in [0.29, 0.717) is 0 Å². The molecule has 0 aromatic heterocycles. The van der Waals surface area contributed by atoms with Crippen LogP contribution in [0.15, 0.2) is 0 Å². The van der Waals surface area contributed by atoms with Crippen molar-refractivity contribution in [2.45, 2.75) is 25.8 Å². The Balaban J connectivity index is 3.28. The Morgan fingerprint density at radius 3 is 1.89 bits per heavy atom. The molecule has 56 valence electrons. The lowest BCUT2D eigenvalue weighted by molar-refractivity contribution is 0.344. The van der Waals surface area contributed by atoms with Crippen molar-refractivity contribution in [1.82, 2.24) is 4.90 Å². The van der Waals surface area contributed by atoms with Gasteiger partial charge in [-0.25, -0.2) is 0 Å². The predicted molar refractivity (Wildman–Crippen MR) is 41.4 cm³/mol. The van der Waals surface area contributed by atoms with Crippen LogP contribution in [0.1, 0.15) is 20.3 Å². The lowest BCUT2D eigenvalue weighted by atomic mass is 10.0. The fourth-order valence-corrected chi connectivity index (χ4v) is 0.512. The Labute approximate surface area is 58.0 Å². The lowest BCUT2D eigenvalue weighted by Crippen LogP contribution is -2.35. The van der Waals surface area contributed by atoms with Crippen LogP contribution in [-0.2, 0) is 0 Å². The summed E-state index contributed by atoms with van der Waals surface area (Å²) in [5.74, 6) is 0. The van der Waals surface area contributed by atoms with Gasteiger partial charge in [-0.05, 0) is 40.9 Å². The van der Waals surface area contributed by atoms with Crippen molar-refractivity contribution in [2.24, 2.45) is 5.73 Å². The fourth-order valence-electron chi connectivity index (χ4n) is 0.512. The molecule has 9 heavy (non-hydrogen) atoms. The van der Waals surface area contributed by atoms with Gasteiger partial charge in [0.2, 0.25) is 0 Å². The molecular formula is C7H18N2. The second kappa shape index (κ2) is 3.18. The molecule has 2 N–H and O–H groups in total. The van der Waals surface area contributed by atoms with E-state index in [1.807, 2.05) is 0 Å². The maximum absolute atomic E-state index is 5.76. The van der Waals surface area contributed by atoms with Crippen LogP contribution in [-0.4, -0.2) is 31.1 Å². The zero-order valence-corrected chi connectivity index (χ0v) is 6.94. The highest BCUT2D eigenvalue weighted by Crippen LogP contribution is 2.02. The van der Waals surface area contributed by atoms with Crippen molar-refractivity contribution in [1.29, 1.82) is 0 Å². The van der Waals surface area contributed by atoms with E-state index >= 15 is 0 Å². The van der Waals surface area contributed by atoms with Crippen LogP contribution in [0.2, 0.25) is 0 Å². The van der Waals surface area contributed by atoms with Crippen molar-refractivity contribution in [3.8, 4) is 0 Å². The van der Waals surface area contributed by atoms with E-state index in [2.05, 4.69) is 32.8 Å². The lowest BCUT2D eigenvalue weighted by Gasteiger charge is -2.20. The summed E-state index contributed by atoms with van der Waals surface area (Å²) in [6, 6.07) is 0. The van der Waals surface area contributed by atoms with Gasteiger partial charge in [0.25, 0.3) is 0 Å². The topological polar surface area (TPSA) is 29.3 Å². The van der Waals surface area contributed by atoms with Gasteiger partial charge in [0.1, 0.15) is 0 Å². The van der Waals surface area contributed by atoms with Gasteiger partial charge in [-0.2, -0.15) is 0 Å². The molecule has 2 heteroatoms. The minimum Gasteiger partial charge on any atom is -0.326 e. The number of nitrogens with zero attached hydrogens (tertiary/aromatic N) is 1. The highest BCUT2D eigenvalue weighted by molar-refractivity contribution is 4.71. The van der Waals surface area contributed by atoms with Crippen LogP contribution in [0, 0.1) is 0 Å². The Bertz CT molecular complexity index is 71.5. The van der Waals surface area contributed by atoms with Crippen LogP contribution < -0.4 is 5.73 Å². The third kappa shape index (κ3) is 7.92. The van der Waals surface area contributed by atoms with E-state index < -0.39 is 0 Å². The normalized spacial score (nSPS) is 12.7. The molecule has 0 saturated heterocycles. The maximum Gasteiger partial charge on any atom is 0.0109 e. The van der Waals surface area contributed by atoms with Gasteiger partial charge in [-0.15, -0.1) is 0 Å². The first-order valence-electron chi connectivity index (χ1n) is 3.35. The molecule has 0 aliphatic carbocycles. The summed E-state index contributed by atoms with van der Waals surface area (Å²) in [4.78, 5) is 2.15. The second-order valence-electron chi connectivity index (χ2n) is 3.54. The first-order valence-corrected chi connectivity index (χ1v) is 3.35. The van der Waals surface area contributed by atoms with Gasteiger partial charge in [-0.1, -0.05) is 0 Å². The molecule has 0 spiro atoms. The highest BCUT2D eigenvalue weighted by atomic mass is 15.1. The first kappa shape index (κ1) is 8.92. The zero-order chi connectivity index (χ0) is 7.49. The third-order valence-corrected chi connectivity index (χ3v) is 1.20. The number of nitrogens with two attached hydrogens (primary N) is 1. The maximum atomic E-state index is 5.76. The summed E-state index contributed by atoms with van der Waals surface area (Å²) >= 11 is 0. The molecule has 0 atom stereocenters. The van der Waals surface area contributed by atoms with E-state index in [0.717, 1.165) is 13.0 Å². The van der Waals surface area contributed by atoms with Crippen LogP contribution in [0.25, 0.3) is 0 Å². The van der Waals surface area contributed by atoms with Crippen LogP contribution >= 0.6 is 0 Å². The summed E-state index contributed by atoms with van der Waals surface area (Å²) < 4.78 is 0. The van der Waals surface area contributed by atoms with Gasteiger partial charge in [0.15, 0.2) is 0 Å². The molecule has 0 saturated carbocycles. The Morgan fingerprint density at radius 2 is 1.78 bits per heavy atom. The molecule has 0 amide bonds. The molecule has 0 fully saturated rings. The summed E-state index contributed by atoms with van der Waals surface area (Å²) in [6.45, 7) is 5.18. The molecule has 0 radical (unpaired) electrons. The van der Waals surface area contributed by atoms with E-state index in [9.17, 15) is 0 Å². The molecule has 0 heterocycles. The van der Waals surface area contributed by atoms with Crippen molar-refractivity contribution in [2.75, 3.05) is 20.6 Å². The van der Waals surface area contributed by atoms with Gasteiger partial charge in [0, 0.05) is 5.54 Å². The largest absolute Gasteiger partial charge is 0.326 e. The minimum absolute atomic E-state index is 0.00965. The number of rotatable bonds is 3. The van der Waals surface area contributed by atoms with Gasteiger partial charge in [-0.3, -0.25) is 0 Å². The van der Waals surface area contributed by atoms with Crippen molar-refractivity contribution in [3.63, 3.8) is 0 Å². The van der Waals surface area contributed by atoms with Crippen molar-refractivity contribution >= 4 is 0 Å². The first-order chi connectivity index (χ1) is 3.92. The molecule has 0 rings (SSSR count). The molecule has 2 nitrogen and oxygen atoms in total. The Hall–Kier alpha value is -0.0800. The van der Waals surface area contributed by atoms with Crippen LogP contribution in [0.5, 0.6) is 0 Å². The molecule has 0 aromatic rings. The predicted octanol–water partition coefficient (Wildman–Crippen LogP) is 0.675. The standard InChI is InChI=1S/C7H18N2/c1-7(2,8)5-6-9(3)4/h5-6,8H2,1-4H3. The average molecular weight is 130 g/mol. The van der Waals surface area contributed by atoms with Crippen LogP contribution in [0.3, 0.4) is 0 Å². The molecule has 0 bridgehead atoms.